The lowest BCUT2D eigenvalue weighted by Gasteiger charge is -2.48. The van der Waals surface area contributed by atoms with Crippen molar-refractivity contribution in [2.24, 2.45) is 34.2 Å². The molecule has 0 radical (unpaired) electrons. The number of rotatable bonds is 6. The SMILES string of the molecule is CC[C@H]1OC(=O)C(C)(C)C(=O)[C@H](C)[C@@H](O[C@@H]2O[C@H](C)C[C@H](N(C)C)[C@H]2C)[C@@](C)(OCC#CC2CC(C)=NO2)C[C@@H](C)C(=O)[C@H](C)[C@H]2NC(=O)O[C@@]21C. The van der Waals surface area contributed by atoms with E-state index in [1.807, 2.05) is 41.8 Å². The zero-order valence-electron chi connectivity index (χ0n) is 33.4. The molecule has 3 fully saturated rings. The number of ether oxygens (including phenoxy) is 5. The van der Waals surface area contributed by atoms with Crippen molar-refractivity contribution >= 4 is 29.3 Å². The van der Waals surface area contributed by atoms with Gasteiger partial charge in [0, 0.05) is 36.1 Å². The number of alkyl carbamates (subject to hydrolysis) is 1. The van der Waals surface area contributed by atoms with Crippen molar-refractivity contribution in [3.63, 3.8) is 0 Å². The predicted molar refractivity (Wildman–Crippen MR) is 193 cm³/mol. The highest BCUT2D eigenvalue weighted by atomic mass is 16.7. The monoisotopic (exact) mass is 731 g/mol. The molecule has 1 N–H and O–H groups in total. The van der Waals surface area contributed by atoms with E-state index in [0.717, 1.165) is 12.1 Å². The number of carbonyl (C=O) groups excluding carboxylic acids is 4. The van der Waals surface area contributed by atoms with E-state index >= 15 is 0 Å². The van der Waals surface area contributed by atoms with E-state index in [0.29, 0.717) is 6.42 Å². The number of esters is 1. The van der Waals surface area contributed by atoms with Crippen molar-refractivity contribution in [2.75, 3.05) is 20.7 Å². The van der Waals surface area contributed by atoms with Gasteiger partial charge < -0.3 is 38.7 Å². The lowest BCUT2D eigenvalue weighted by Crippen LogP contribution is -2.60. The average Bonchev–Trinajstić information content (AvgIpc) is 3.64. The molecule has 292 valence electrons. The molecule has 4 aliphatic rings. The molecule has 0 aromatic rings. The molecule has 4 aliphatic heterocycles. The number of fused-ring (bicyclic) bond motifs is 1. The Kier molecular flexibility index (Phi) is 12.9. The fraction of sp³-hybridized carbons (Fsp3) is 0.821. The fourth-order valence-corrected chi connectivity index (χ4v) is 8.57. The first-order chi connectivity index (χ1) is 24.2. The van der Waals surface area contributed by atoms with Gasteiger partial charge in [0.2, 0.25) is 0 Å². The number of amides is 1. The van der Waals surface area contributed by atoms with Crippen LogP contribution in [0.15, 0.2) is 5.16 Å². The maximum atomic E-state index is 14.7. The number of ketones is 2. The van der Waals surface area contributed by atoms with Gasteiger partial charge in [-0.2, -0.15) is 0 Å². The summed E-state index contributed by atoms with van der Waals surface area (Å²) < 4.78 is 31.9. The first kappa shape index (κ1) is 41.7. The molecule has 0 spiro atoms. The zero-order valence-corrected chi connectivity index (χ0v) is 33.4. The van der Waals surface area contributed by atoms with Crippen LogP contribution in [0.2, 0.25) is 0 Å². The van der Waals surface area contributed by atoms with E-state index in [1.54, 1.807) is 27.7 Å². The van der Waals surface area contributed by atoms with E-state index in [-0.39, 0.29) is 43.3 Å². The first-order valence-electron chi connectivity index (χ1n) is 18.7. The standard InChI is InChI=1S/C39H61N3O10/c1-14-29-39(11)31(40-36(46)51-39)25(6)30(43)21(2)20-38(10,47-17-15-16-27-18-22(3)41-52-27)33(26(7)32(44)37(8,9)35(45)49-29)50-34-24(5)28(42(12)13)19-23(4)48-34/h21,23-29,31,33-34H,14,17-20H2,1-13H3,(H,40,46)/t21-,23-,24-,25+,26+,27?,28+,29-,31-,33-,34+,38+,39-/m1/s1. The number of carbonyl (C=O) groups is 4. The molecule has 0 aliphatic carbocycles. The van der Waals surface area contributed by atoms with Crippen molar-refractivity contribution < 1.29 is 47.7 Å². The normalized spacial score (nSPS) is 41.4. The Bertz CT molecular complexity index is 1450. The van der Waals surface area contributed by atoms with Gasteiger partial charge in [0.05, 0.1) is 29.6 Å². The molecule has 4 rings (SSSR count). The molecule has 52 heavy (non-hydrogen) atoms. The van der Waals surface area contributed by atoms with Gasteiger partial charge in [-0.1, -0.05) is 51.6 Å². The van der Waals surface area contributed by atoms with Crippen LogP contribution in [0.5, 0.6) is 0 Å². The van der Waals surface area contributed by atoms with Gasteiger partial charge in [0.15, 0.2) is 23.8 Å². The fourth-order valence-electron chi connectivity index (χ4n) is 8.57. The highest BCUT2D eigenvalue weighted by Crippen LogP contribution is 2.42. The van der Waals surface area contributed by atoms with Crippen molar-refractivity contribution in [2.45, 2.75) is 156 Å². The Labute approximate surface area is 309 Å². The lowest BCUT2D eigenvalue weighted by molar-refractivity contribution is -0.282. The van der Waals surface area contributed by atoms with Crippen molar-refractivity contribution in [1.82, 2.24) is 10.2 Å². The van der Waals surface area contributed by atoms with E-state index in [4.69, 9.17) is 28.5 Å². The molecule has 0 aromatic heterocycles. The molecule has 13 nitrogen and oxygen atoms in total. The van der Waals surface area contributed by atoms with E-state index in [2.05, 4.69) is 34.1 Å². The molecule has 3 saturated heterocycles. The topological polar surface area (TPSA) is 151 Å². The number of Topliss-reactive ketones (excluding diaryl/α,β-unsaturated/α-hetero) is 2. The summed E-state index contributed by atoms with van der Waals surface area (Å²) in [7, 11) is 4.04. The molecule has 13 atom stereocenters. The highest BCUT2D eigenvalue weighted by molar-refractivity contribution is 6.04. The third-order valence-electron chi connectivity index (χ3n) is 11.7. The molecule has 13 heteroatoms. The molecule has 1 unspecified atom stereocenters. The maximum absolute atomic E-state index is 14.7. The first-order valence-corrected chi connectivity index (χ1v) is 18.7. The van der Waals surface area contributed by atoms with Gasteiger partial charge in [-0.15, -0.1) is 0 Å². The Morgan fingerprint density at radius 2 is 1.69 bits per heavy atom. The summed E-state index contributed by atoms with van der Waals surface area (Å²) in [6.45, 7) is 19.5. The molecular formula is C39H61N3O10. The zero-order chi connectivity index (χ0) is 38.9. The number of nitrogens with zero attached hydrogens (tertiary/aromatic N) is 2. The number of nitrogens with one attached hydrogen (secondary N) is 1. The number of hydrogen-bond acceptors (Lipinski definition) is 12. The highest BCUT2D eigenvalue weighted by Gasteiger charge is 2.58. The largest absolute Gasteiger partial charge is 0.457 e. The van der Waals surface area contributed by atoms with Gasteiger partial charge in [-0.3, -0.25) is 14.4 Å². The number of oxime groups is 1. The third kappa shape index (κ3) is 8.51. The number of cyclic esters (lactones) is 1. The van der Waals surface area contributed by atoms with Crippen LogP contribution in [0.4, 0.5) is 4.79 Å². The van der Waals surface area contributed by atoms with Crippen LogP contribution in [0, 0.1) is 40.9 Å². The van der Waals surface area contributed by atoms with Gasteiger partial charge in [-0.05, 0) is 74.9 Å². The van der Waals surface area contributed by atoms with E-state index in [1.165, 1.54) is 13.8 Å². The molecule has 1 amide bonds. The van der Waals surface area contributed by atoms with E-state index < -0.39 is 82.9 Å². The van der Waals surface area contributed by atoms with Crippen LogP contribution in [0.25, 0.3) is 0 Å². The van der Waals surface area contributed by atoms with Crippen LogP contribution in [-0.2, 0) is 42.9 Å². The van der Waals surface area contributed by atoms with Crippen LogP contribution in [0.1, 0.15) is 102 Å². The summed E-state index contributed by atoms with van der Waals surface area (Å²) in [4.78, 5) is 63.4. The molecule has 0 saturated carbocycles. The van der Waals surface area contributed by atoms with Crippen LogP contribution < -0.4 is 5.32 Å². The van der Waals surface area contributed by atoms with Gasteiger partial charge in [0.25, 0.3) is 0 Å². The average molecular weight is 732 g/mol. The molecule has 4 heterocycles. The van der Waals surface area contributed by atoms with Gasteiger partial charge in [0.1, 0.15) is 23.9 Å². The Balaban J connectivity index is 1.82. The molecular weight excluding hydrogens is 670 g/mol. The minimum Gasteiger partial charge on any atom is -0.457 e. The Morgan fingerprint density at radius 1 is 1.02 bits per heavy atom. The van der Waals surface area contributed by atoms with Crippen molar-refractivity contribution in [3.8, 4) is 11.8 Å². The smallest absolute Gasteiger partial charge is 0.408 e. The lowest BCUT2D eigenvalue weighted by atomic mass is 9.71. The molecule has 0 aromatic carbocycles. The minimum absolute atomic E-state index is 0.0569. The van der Waals surface area contributed by atoms with Crippen LogP contribution in [0.3, 0.4) is 0 Å². The second-order valence-electron chi connectivity index (χ2n) is 16.6. The Morgan fingerprint density at radius 3 is 2.29 bits per heavy atom. The summed E-state index contributed by atoms with van der Waals surface area (Å²) >= 11 is 0. The predicted octanol–water partition coefficient (Wildman–Crippen LogP) is 4.68. The molecule has 0 bridgehead atoms. The maximum Gasteiger partial charge on any atom is 0.408 e. The third-order valence-corrected chi connectivity index (χ3v) is 11.7. The van der Waals surface area contributed by atoms with Crippen molar-refractivity contribution in [3.05, 3.63) is 0 Å². The minimum atomic E-state index is -1.63. The summed E-state index contributed by atoms with van der Waals surface area (Å²) in [5, 5.41) is 6.79. The van der Waals surface area contributed by atoms with E-state index in [9.17, 15) is 19.2 Å². The number of hydrogen-bond donors (Lipinski definition) is 1. The van der Waals surface area contributed by atoms with Crippen LogP contribution in [-0.4, -0.2) is 109 Å². The Hall–Kier alpha value is -3.05. The summed E-state index contributed by atoms with van der Waals surface area (Å²) in [5.41, 5.74) is -3.46. The summed E-state index contributed by atoms with van der Waals surface area (Å²) in [6.07, 6.45) is -2.09. The van der Waals surface area contributed by atoms with Gasteiger partial charge in [-0.25, -0.2) is 4.79 Å². The second-order valence-corrected chi connectivity index (χ2v) is 16.6. The van der Waals surface area contributed by atoms with Gasteiger partial charge >= 0.3 is 12.1 Å². The second kappa shape index (κ2) is 16.1. The quantitative estimate of drug-likeness (QED) is 0.230. The van der Waals surface area contributed by atoms with Crippen LogP contribution >= 0.6 is 0 Å². The summed E-state index contributed by atoms with van der Waals surface area (Å²) in [5.74, 6) is 2.35. The van der Waals surface area contributed by atoms with Crippen molar-refractivity contribution in [1.29, 1.82) is 0 Å². The summed E-state index contributed by atoms with van der Waals surface area (Å²) in [6, 6.07) is -0.679.